The molecule has 2 aromatic rings. The van der Waals surface area contributed by atoms with Crippen molar-refractivity contribution in [2.24, 2.45) is 0 Å². The molecule has 1 aromatic carbocycles. The maximum absolute atomic E-state index is 12.6. The lowest BCUT2D eigenvalue weighted by molar-refractivity contribution is -0.121. The average molecular weight is 441 g/mol. The van der Waals surface area contributed by atoms with Gasteiger partial charge < -0.3 is 14.8 Å². The molecule has 0 fully saturated rings. The Balaban J connectivity index is 1.93. The largest absolute Gasteiger partial charge is 0.493 e. The molecule has 32 heavy (non-hydrogen) atoms. The van der Waals surface area contributed by atoms with E-state index in [2.05, 4.69) is 23.4 Å². The average Bonchev–Trinajstić information content (AvgIpc) is 3.06. The molecule has 0 bridgehead atoms. The molecule has 0 saturated heterocycles. The second-order valence-electron chi connectivity index (χ2n) is 8.04. The van der Waals surface area contributed by atoms with Crippen LogP contribution in [0.4, 0.5) is 0 Å². The van der Waals surface area contributed by atoms with Crippen molar-refractivity contribution in [2.75, 3.05) is 13.7 Å². The number of aromatic nitrogens is 2. The van der Waals surface area contributed by atoms with Gasteiger partial charge in [-0.05, 0) is 56.9 Å². The van der Waals surface area contributed by atoms with Crippen LogP contribution < -0.4 is 14.8 Å². The Hall–Kier alpha value is -3.01. The van der Waals surface area contributed by atoms with Gasteiger partial charge in [0.05, 0.1) is 44.5 Å². The first-order valence-corrected chi connectivity index (χ1v) is 11.4. The molecule has 1 aromatic heterocycles. The van der Waals surface area contributed by atoms with Crippen LogP contribution in [0.5, 0.6) is 11.5 Å². The number of hydrogen-bond acceptors (Lipinski definition) is 5. The molecule has 0 spiro atoms. The van der Waals surface area contributed by atoms with Crippen LogP contribution in [0.1, 0.15) is 74.5 Å². The predicted octanol–water partition coefficient (Wildman–Crippen LogP) is 4.80. The Bertz CT molecular complexity index is 930. The number of benzene rings is 1. The third-order valence-corrected chi connectivity index (χ3v) is 5.64. The van der Waals surface area contributed by atoms with Crippen LogP contribution in [0.2, 0.25) is 0 Å². The lowest BCUT2D eigenvalue weighted by Gasteiger charge is -2.17. The SMILES string of the molecule is CCCCCOc1ccc(C(C)NC(=O)CCc2c(C)nn(CCC#N)c2C)cc1OC. The second-order valence-corrected chi connectivity index (χ2v) is 8.04. The summed E-state index contributed by atoms with van der Waals surface area (Å²) >= 11 is 0. The topological polar surface area (TPSA) is 89.2 Å². The molecular formula is C25H36N4O3. The summed E-state index contributed by atoms with van der Waals surface area (Å²) in [6, 6.07) is 7.80. The number of ether oxygens (including phenoxy) is 2. The van der Waals surface area contributed by atoms with Gasteiger partial charge in [-0.25, -0.2) is 0 Å². The normalized spacial score (nSPS) is 11.6. The Kier molecular flexibility index (Phi) is 10.1. The zero-order valence-electron chi connectivity index (χ0n) is 20.0. The molecule has 174 valence electrons. The highest BCUT2D eigenvalue weighted by Crippen LogP contribution is 2.30. The first-order valence-electron chi connectivity index (χ1n) is 11.4. The summed E-state index contributed by atoms with van der Waals surface area (Å²) in [7, 11) is 1.63. The van der Waals surface area contributed by atoms with E-state index in [0.29, 0.717) is 38.2 Å². The van der Waals surface area contributed by atoms with Gasteiger partial charge in [0.2, 0.25) is 5.91 Å². The van der Waals surface area contributed by atoms with E-state index in [4.69, 9.17) is 14.7 Å². The van der Waals surface area contributed by atoms with E-state index in [1.165, 1.54) is 0 Å². The molecule has 7 heteroatoms. The number of amides is 1. The fourth-order valence-electron chi connectivity index (χ4n) is 3.71. The maximum Gasteiger partial charge on any atom is 0.220 e. The Morgan fingerprint density at radius 2 is 2.06 bits per heavy atom. The molecule has 1 atom stereocenters. The van der Waals surface area contributed by atoms with Crippen molar-refractivity contribution in [3.8, 4) is 17.6 Å². The number of aryl methyl sites for hydroxylation is 2. The molecule has 1 unspecified atom stereocenters. The van der Waals surface area contributed by atoms with Gasteiger partial charge in [0.1, 0.15) is 0 Å². The van der Waals surface area contributed by atoms with E-state index in [0.717, 1.165) is 47.5 Å². The number of hydrogen-bond donors (Lipinski definition) is 1. The molecule has 0 radical (unpaired) electrons. The van der Waals surface area contributed by atoms with Crippen LogP contribution in [0, 0.1) is 25.2 Å². The van der Waals surface area contributed by atoms with E-state index in [1.807, 2.05) is 43.7 Å². The molecule has 0 saturated carbocycles. The quantitative estimate of drug-likeness (QED) is 0.452. The summed E-state index contributed by atoms with van der Waals surface area (Å²) in [5, 5.41) is 16.4. The molecule has 1 heterocycles. The van der Waals surface area contributed by atoms with Crippen LogP contribution in [-0.2, 0) is 17.8 Å². The monoisotopic (exact) mass is 440 g/mol. The number of rotatable bonds is 13. The Morgan fingerprint density at radius 1 is 1.28 bits per heavy atom. The fourth-order valence-corrected chi connectivity index (χ4v) is 3.71. The van der Waals surface area contributed by atoms with Crippen molar-refractivity contribution in [1.29, 1.82) is 5.26 Å². The van der Waals surface area contributed by atoms with Gasteiger partial charge in [0, 0.05) is 12.1 Å². The highest BCUT2D eigenvalue weighted by Gasteiger charge is 2.16. The lowest BCUT2D eigenvalue weighted by atomic mass is 10.1. The van der Waals surface area contributed by atoms with Crippen molar-refractivity contribution < 1.29 is 14.3 Å². The van der Waals surface area contributed by atoms with Crippen LogP contribution in [0.15, 0.2) is 18.2 Å². The molecular weight excluding hydrogens is 404 g/mol. The smallest absolute Gasteiger partial charge is 0.220 e. The van der Waals surface area contributed by atoms with E-state index < -0.39 is 0 Å². The third kappa shape index (κ3) is 7.01. The van der Waals surface area contributed by atoms with Crippen molar-refractivity contribution in [3.05, 3.63) is 40.7 Å². The number of nitriles is 1. The van der Waals surface area contributed by atoms with E-state index in [9.17, 15) is 4.79 Å². The number of nitrogens with zero attached hydrogens (tertiary/aromatic N) is 3. The van der Waals surface area contributed by atoms with Crippen molar-refractivity contribution >= 4 is 5.91 Å². The first kappa shape index (κ1) is 25.3. The minimum Gasteiger partial charge on any atom is -0.493 e. The number of unbranched alkanes of at least 4 members (excludes halogenated alkanes) is 2. The van der Waals surface area contributed by atoms with Crippen LogP contribution >= 0.6 is 0 Å². The molecule has 1 N–H and O–H groups in total. The summed E-state index contributed by atoms with van der Waals surface area (Å²) in [5.41, 5.74) is 3.99. The van der Waals surface area contributed by atoms with Gasteiger partial charge in [-0.15, -0.1) is 0 Å². The van der Waals surface area contributed by atoms with E-state index in [-0.39, 0.29) is 11.9 Å². The highest BCUT2D eigenvalue weighted by molar-refractivity contribution is 5.76. The summed E-state index contributed by atoms with van der Waals surface area (Å²) < 4.78 is 13.2. The number of methoxy groups -OCH3 is 1. The van der Waals surface area contributed by atoms with Gasteiger partial charge in [-0.3, -0.25) is 9.48 Å². The van der Waals surface area contributed by atoms with Crippen molar-refractivity contribution in [2.45, 2.75) is 78.8 Å². The standard InChI is InChI=1S/C25H36N4O3/c1-6-7-8-16-32-23-12-10-21(17-24(23)31-5)18(2)27-25(30)13-11-22-19(3)28-29(20(22)4)15-9-14-26/h10,12,17-18H,6-9,11,13,15-16H2,1-5H3,(H,27,30). The van der Waals surface area contributed by atoms with Crippen LogP contribution in [0.3, 0.4) is 0 Å². The summed E-state index contributed by atoms with van der Waals surface area (Å²) in [6.45, 7) is 9.31. The number of nitrogens with one attached hydrogen (secondary N) is 1. The number of carbonyl (C=O) groups is 1. The van der Waals surface area contributed by atoms with Gasteiger partial charge in [0.25, 0.3) is 0 Å². The lowest BCUT2D eigenvalue weighted by Crippen LogP contribution is -2.27. The van der Waals surface area contributed by atoms with Gasteiger partial charge in [0.15, 0.2) is 11.5 Å². The molecule has 1 amide bonds. The minimum absolute atomic E-state index is 0.0140. The summed E-state index contributed by atoms with van der Waals surface area (Å²) in [5.74, 6) is 1.39. The fraction of sp³-hybridized carbons (Fsp3) is 0.560. The van der Waals surface area contributed by atoms with E-state index in [1.54, 1.807) is 7.11 Å². The molecule has 0 aliphatic carbocycles. The maximum atomic E-state index is 12.6. The predicted molar refractivity (Wildman–Crippen MR) is 125 cm³/mol. The molecule has 2 rings (SSSR count). The molecule has 7 nitrogen and oxygen atoms in total. The number of carbonyl (C=O) groups excluding carboxylic acids is 1. The summed E-state index contributed by atoms with van der Waals surface area (Å²) in [4.78, 5) is 12.6. The van der Waals surface area contributed by atoms with Crippen molar-refractivity contribution in [3.63, 3.8) is 0 Å². The van der Waals surface area contributed by atoms with Crippen LogP contribution in [0.25, 0.3) is 0 Å². The van der Waals surface area contributed by atoms with Crippen LogP contribution in [-0.4, -0.2) is 29.4 Å². The molecule has 0 aliphatic heterocycles. The Morgan fingerprint density at radius 3 is 2.75 bits per heavy atom. The van der Waals surface area contributed by atoms with E-state index >= 15 is 0 Å². The second kappa shape index (κ2) is 12.7. The first-order chi connectivity index (χ1) is 15.4. The summed E-state index contributed by atoms with van der Waals surface area (Å²) in [6.07, 6.45) is 4.74. The van der Waals surface area contributed by atoms with Crippen molar-refractivity contribution in [1.82, 2.24) is 15.1 Å². The van der Waals surface area contributed by atoms with Gasteiger partial charge >= 0.3 is 0 Å². The van der Waals surface area contributed by atoms with Gasteiger partial charge in [-0.1, -0.05) is 25.8 Å². The molecule has 0 aliphatic rings. The zero-order valence-corrected chi connectivity index (χ0v) is 20.0. The minimum atomic E-state index is -0.147. The Labute approximate surface area is 191 Å². The van der Waals surface area contributed by atoms with Gasteiger partial charge in [-0.2, -0.15) is 10.4 Å². The zero-order chi connectivity index (χ0) is 23.5. The third-order valence-electron chi connectivity index (χ3n) is 5.64. The highest BCUT2D eigenvalue weighted by atomic mass is 16.5.